The summed E-state index contributed by atoms with van der Waals surface area (Å²) in [5, 5.41) is 0. The molecule has 5 heteroatoms. The lowest BCUT2D eigenvalue weighted by molar-refractivity contribution is -0.136. The second-order valence-electron chi connectivity index (χ2n) is 9.02. The first-order chi connectivity index (χ1) is 12.5. The molecule has 5 nitrogen and oxygen atoms in total. The maximum atomic E-state index is 13.0. The highest BCUT2D eigenvalue weighted by Gasteiger charge is 2.42. The van der Waals surface area contributed by atoms with Crippen LogP contribution in [0.3, 0.4) is 0 Å². The SMILES string of the molecule is Cc1cc(=O)n2c(n1)CCC1(CCN(C(=O)C3CCC(C)CC3)C1)CC2. The number of rotatable bonds is 1. The van der Waals surface area contributed by atoms with E-state index in [1.807, 2.05) is 11.5 Å². The van der Waals surface area contributed by atoms with Crippen LogP contribution in [0.15, 0.2) is 10.9 Å². The van der Waals surface area contributed by atoms with Crippen LogP contribution >= 0.6 is 0 Å². The van der Waals surface area contributed by atoms with Crippen LogP contribution < -0.4 is 5.56 Å². The van der Waals surface area contributed by atoms with E-state index in [0.29, 0.717) is 5.91 Å². The minimum atomic E-state index is 0.0757. The lowest BCUT2D eigenvalue weighted by Gasteiger charge is -2.31. The Morgan fingerprint density at radius 1 is 1.15 bits per heavy atom. The predicted molar refractivity (Wildman–Crippen MR) is 101 cm³/mol. The van der Waals surface area contributed by atoms with Crippen molar-refractivity contribution in [1.82, 2.24) is 14.5 Å². The highest BCUT2D eigenvalue weighted by atomic mass is 16.2. The van der Waals surface area contributed by atoms with Gasteiger partial charge in [0.15, 0.2) is 0 Å². The summed E-state index contributed by atoms with van der Waals surface area (Å²) < 4.78 is 1.86. The Morgan fingerprint density at radius 3 is 2.65 bits per heavy atom. The Bertz CT molecular complexity index is 748. The standard InChI is InChI=1S/C21H31N3O2/c1-15-3-5-17(6-4-15)20(26)23-11-9-21(14-23)8-7-18-22-16(2)13-19(25)24(18)12-10-21/h13,15,17H,3-12,14H2,1-2H3. The Morgan fingerprint density at radius 2 is 1.88 bits per heavy atom. The first kappa shape index (κ1) is 17.7. The largest absolute Gasteiger partial charge is 0.342 e. The van der Waals surface area contributed by atoms with E-state index in [4.69, 9.17) is 0 Å². The van der Waals surface area contributed by atoms with Gasteiger partial charge in [-0.1, -0.05) is 6.92 Å². The molecule has 1 saturated heterocycles. The van der Waals surface area contributed by atoms with Gasteiger partial charge in [-0.3, -0.25) is 14.2 Å². The van der Waals surface area contributed by atoms with E-state index in [1.165, 1.54) is 12.8 Å². The molecule has 0 aromatic carbocycles. The molecule has 1 atom stereocenters. The van der Waals surface area contributed by atoms with Crippen LogP contribution in [0.1, 0.15) is 63.4 Å². The molecule has 1 aromatic heterocycles. The average Bonchev–Trinajstić information content (AvgIpc) is 2.94. The molecule has 3 aliphatic rings. The Kier molecular flexibility index (Phi) is 4.66. The fourth-order valence-corrected chi connectivity index (χ4v) is 5.26. The lowest BCUT2D eigenvalue weighted by Crippen LogP contribution is -2.38. The smallest absolute Gasteiger partial charge is 0.253 e. The number of hydrogen-bond donors (Lipinski definition) is 0. The van der Waals surface area contributed by atoms with Crippen LogP contribution in [0, 0.1) is 24.2 Å². The number of amides is 1. The predicted octanol–water partition coefficient (Wildman–Crippen LogP) is 2.93. The molecular formula is C21H31N3O2. The van der Waals surface area contributed by atoms with Gasteiger partial charge in [0.25, 0.3) is 5.56 Å². The van der Waals surface area contributed by atoms with E-state index in [1.54, 1.807) is 6.07 Å². The molecule has 4 rings (SSSR count). The molecule has 1 aliphatic carbocycles. The van der Waals surface area contributed by atoms with E-state index in [9.17, 15) is 9.59 Å². The van der Waals surface area contributed by atoms with Crippen LogP contribution in [-0.2, 0) is 17.8 Å². The van der Waals surface area contributed by atoms with Crippen molar-refractivity contribution in [2.75, 3.05) is 13.1 Å². The van der Waals surface area contributed by atoms with E-state index in [-0.39, 0.29) is 16.9 Å². The van der Waals surface area contributed by atoms with E-state index < -0.39 is 0 Å². The van der Waals surface area contributed by atoms with E-state index in [2.05, 4.69) is 16.8 Å². The van der Waals surface area contributed by atoms with Crippen LogP contribution in [0.5, 0.6) is 0 Å². The molecule has 1 unspecified atom stereocenters. The summed E-state index contributed by atoms with van der Waals surface area (Å²) in [5.41, 5.74) is 1.06. The van der Waals surface area contributed by atoms with Crippen molar-refractivity contribution >= 4 is 5.91 Å². The van der Waals surface area contributed by atoms with Gasteiger partial charge < -0.3 is 4.90 Å². The normalized spacial score (nSPS) is 31.7. The molecule has 2 fully saturated rings. The summed E-state index contributed by atoms with van der Waals surface area (Å²) in [6, 6.07) is 1.63. The Balaban J connectivity index is 1.44. The summed E-state index contributed by atoms with van der Waals surface area (Å²) in [5.74, 6) is 2.34. The maximum absolute atomic E-state index is 13.0. The number of aromatic nitrogens is 2. The highest BCUT2D eigenvalue weighted by molar-refractivity contribution is 5.79. The summed E-state index contributed by atoms with van der Waals surface area (Å²) in [6.45, 7) is 6.70. The lowest BCUT2D eigenvalue weighted by atomic mass is 9.79. The van der Waals surface area contributed by atoms with Crippen LogP contribution in [0.4, 0.5) is 0 Å². The number of carbonyl (C=O) groups is 1. The van der Waals surface area contributed by atoms with Crippen molar-refractivity contribution in [2.45, 2.75) is 71.8 Å². The summed E-state index contributed by atoms with van der Waals surface area (Å²) in [6.07, 6.45) is 8.45. The fourth-order valence-electron chi connectivity index (χ4n) is 5.26. The molecule has 3 heterocycles. The molecular weight excluding hydrogens is 326 g/mol. The molecule has 1 saturated carbocycles. The molecule has 1 spiro atoms. The maximum Gasteiger partial charge on any atom is 0.253 e. The molecule has 0 N–H and O–H groups in total. The zero-order valence-corrected chi connectivity index (χ0v) is 16.2. The van der Waals surface area contributed by atoms with Gasteiger partial charge in [0.1, 0.15) is 5.82 Å². The number of hydrogen-bond acceptors (Lipinski definition) is 3. The highest BCUT2D eigenvalue weighted by Crippen LogP contribution is 2.41. The molecule has 0 bridgehead atoms. The molecule has 1 amide bonds. The zero-order chi connectivity index (χ0) is 18.3. The Labute approximate surface area is 155 Å². The zero-order valence-electron chi connectivity index (χ0n) is 16.2. The van der Waals surface area contributed by atoms with Gasteiger partial charge in [0.2, 0.25) is 5.91 Å². The van der Waals surface area contributed by atoms with Crippen molar-refractivity contribution in [3.05, 3.63) is 27.9 Å². The van der Waals surface area contributed by atoms with Crippen molar-refractivity contribution in [1.29, 1.82) is 0 Å². The average molecular weight is 357 g/mol. The summed E-state index contributed by atoms with van der Waals surface area (Å²) in [4.78, 5) is 32.0. The summed E-state index contributed by atoms with van der Waals surface area (Å²) >= 11 is 0. The second-order valence-corrected chi connectivity index (χ2v) is 9.02. The molecule has 2 aliphatic heterocycles. The third-order valence-electron chi connectivity index (χ3n) is 7.08. The summed E-state index contributed by atoms with van der Waals surface area (Å²) in [7, 11) is 0. The first-order valence-electron chi connectivity index (χ1n) is 10.3. The third kappa shape index (κ3) is 3.33. The van der Waals surface area contributed by atoms with Gasteiger partial charge in [-0.25, -0.2) is 4.98 Å². The molecule has 0 radical (unpaired) electrons. The van der Waals surface area contributed by atoms with Gasteiger partial charge in [0, 0.05) is 43.7 Å². The molecule has 142 valence electrons. The van der Waals surface area contributed by atoms with Crippen molar-refractivity contribution < 1.29 is 4.79 Å². The second kappa shape index (κ2) is 6.82. The number of fused-ring (bicyclic) bond motifs is 1. The third-order valence-corrected chi connectivity index (χ3v) is 7.08. The minimum absolute atomic E-state index is 0.0757. The fraction of sp³-hybridized carbons (Fsp3) is 0.762. The minimum Gasteiger partial charge on any atom is -0.342 e. The van der Waals surface area contributed by atoms with Gasteiger partial charge in [0.05, 0.1) is 0 Å². The quantitative estimate of drug-likeness (QED) is 0.776. The van der Waals surface area contributed by atoms with Gasteiger partial charge in [-0.05, 0) is 63.2 Å². The van der Waals surface area contributed by atoms with Crippen molar-refractivity contribution in [2.24, 2.45) is 17.3 Å². The van der Waals surface area contributed by atoms with Crippen LogP contribution in [-0.4, -0.2) is 33.4 Å². The van der Waals surface area contributed by atoms with E-state index in [0.717, 1.165) is 75.6 Å². The molecule has 26 heavy (non-hydrogen) atoms. The first-order valence-corrected chi connectivity index (χ1v) is 10.3. The van der Waals surface area contributed by atoms with Crippen LogP contribution in [0.2, 0.25) is 0 Å². The number of nitrogens with zero attached hydrogens (tertiary/aromatic N) is 3. The molecule has 1 aromatic rings. The van der Waals surface area contributed by atoms with Crippen molar-refractivity contribution in [3.8, 4) is 0 Å². The number of likely N-dealkylation sites (tertiary alicyclic amines) is 1. The van der Waals surface area contributed by atoms with Crippen molar-refractivity contribution in [3.63, 3.8) is 0 Å². The monoisotopic (exact) mass is 357 g/mol. The topological polar surface area (TPSA) is 55.2 Å². The van der Waals surface area contributed by atoms with Gasteiger partial charge in [-0.15, -0.1) is 0 Å². The van der Waals surface area contributed by atoms with Gasteiger partial charge >= 0.3 is 0 Å². The number of aryl methyl sites for hydroxylation is 2. The Hall–Kier alpha value is -1.65. The van der Waals surface area contributed by atoms with E-state index >= 15 is 0 Å². The van der Waals surface area contributed by atoms with Gasteiger partial charge in [-0.2, -0.15) is 0 Å². The number of carbonyl (C=O) groups excluding carboxylic acids is 1. The van der Waals surface area contributed by atoms with Crippen LogP contribution in [0.25, 0.3) is 0 Å².